The maximum absolute atomic E-state index is 5.26. The van der Waals surface area contributed by atoms with Crippen LogP contribution in [-0.4, -0.2) is 26.6 Å². The van der Waals surface area contributed by atoms with Gasteiger partial charge in [0.2, 0.25) is 5.82 Å². The van der Waals surface area contributed by atoms with E-state index in [2.05, 4.69) is 44.0 Å². The van der Waals surface area contributed by atoms with Crippen LogP contribution in [0.25, 0.3) is 0 Å². The maximum atomic E-state index is 5.26. The van der Waals surface area contributed by atoms with Crippen molar-refractivity contribution in [2.75, 3.05) is 6.61 Å². The fourth-order valence-electron chi connectivity index (χ4n) is 0.653. The van der Waals surface area contributed by atoms with E-state index in [1.54, 1.807) is 4.57 Å². The molecule has 0 radical (unpaired) electrons. The monoisotopic (exact) mass is 312 g/mol. The van der Waals surface area contributed by atoms with Crippen LogP contribution in [0.1, 0.15) is 12.7 Å². The van der Waals surface area contributed by atoms with Gasteiger partial charge in [0.15, 0.2) is 0 Å². The first-order chi connectivity index (χ1) is 6.22. The Labute approximate surface area is 91.2 Å². The second-order valence-electron chi connectivity index (χ2n) is 2.53. The average molecular weight is 312 g/mol. The third-order valence-corrected chi connectivity index (χ3v) is 2.75. The molecule has 0 bridgehead atoms. The number of aromatic nitrogens is 4. The summed E-state index contributed by atoms with van der Waals surface area (Å²) < 4.78 is 6.80. The standard InChI is InChI=1S/C6H10IN4OP/c1-5(2)3-12-4-6-8-10-11(9-6)13-7/h13H,1,3-4H2,2H3. The molecule has 13 heavy (non-hydrogen) atoms. The molecule has 1 rings (SSSR count). The van der Waals surface area contributed by atoms with Crippen LogP contribution in [0.4, 0.5) is 0 Å². The first kappa shape index (κ1) is 11.0. The van der Waals surface area contributed by atoms with Gasteiger partial charge in [0, 0.05) is 0 Å². The number of rotatable bonds is 5. The van der Waals surface area contributed by atoms with Crippen LogP contribution in [-0.2, 0) is 11.3 Å². The Balaban J connectivity index is 2.32. The number of hydrogen-bond donors (Lipinski definition) is 0. The van der Waals surface area contributed by atoms with Gasteiger partial charge >= 0.3 is 0 Å². The van der Waals surface area contributed by atoms with E-state index in [1.165, 1.54) is 0 Å². The molecule has 1 aromatic heterocycles. The first-order valence-corrected chi connectivity index (χ1v) is 7.66. The number of hydrogen-bond acceptors (Lipinski definition) is 4. The van der Waals surface area contributed by atoms with Crippen molar-refractivity contribution in [3.8, 4) is 0 Å². The average Bonchev–Trinajstić information content (AvgIpc) is 2.52. The third-order valence-electron chi connectivity index (χ3n) is 1.11. The van der Waals surface area contributed by atoms with E-state index in [9.17, 15) is 0 Å². The molecule has 0 spiro atoms. The summed E-state index contributed by atoms with van der Waals surface area (Å²) in [4.78, 5) is 0. The summed E-state index contributed by atoms with van der Waals surface area (Å²) in [5.74, 6) is 0.616. The minimum Gasteiger partial charge on any atom is -0.369 e. The van der Waals surface area contributed by atoms with E-state index in [-0.39, 0.29) is 0 Å². The molecule has 1 aromatic rings. The molecule has 7 heteroatoms. The normalized spacial score (nSPS) is 11.2. The summed E-state index contributed by atoms with van der Waals surface area (Å²) in [7, 11) is 0. The Morgan fingerprint density at radius 3 is 3.08 bits per heavy atom. The van der Waals surface area contributed by atoms with E-state index in [1.807, 2.05) is 6.92 Å². The van der Waals surface area contributed by atoms with Gasteiger partial charge in [0.1, 0.15) is 6.61 Å². The number of ether oxygens (including phenoxy) is 1. The topological polar surface area (TPSA) is 52.8 Å². The Bertz CT molecular complexity index is 290. The summed E-state index contributed by atoms with van der Waals surface area (Å²) in [6, 6.07) is 0. The highest BCUT2D eigenvalue weighted by Crippen LogP contribution is 2.19. The molecule has 1 atom stereocenters. The predicted octanol–water partition coefficient (Wildman–Crippen LogP) is 1.56. The van der Waals surface area contributed by atoms with Crippen LogP contribution in [0.5, 0.6) is 0 Å². The fraction of sp³-hybridized carbons (Fsp3) is 0.500. The molecular weight excluding hydrogens is 302 g/mol. The Kier molecular flexibility index (Phi) is 4.76. The van der Waals surface area contributed by atoms with E-state index < -0.39 is 0 Å². The minimum atomic E-state index is 0.397. The Morgan fingerprint density at radius 1 is 1.77 bits per heavy atom. The van der Waals surface area contributed by atoms with Crippen molar-refractivity contribution in [2.24, 2.45) is 0 Å². The lowest BCUT2D eigenvalue weighted by Crippen LogP contribution is -1.98. The molecule has 0 N–H and O–H groups in total. The highest BCUT2D eigenvalue weighted by Gasteiger charge is 2.01. The molecule has 72 valence electrons. The highest BCUT2D eigenvalue weighted by atomic mass is 127. The molecule has 0 aliphatic rings. The molecule has 5 nitrogen and oxygen atoms in total. The van der Waals surface area contributed by atoms with Crippen LogP contribution in [0.3, 0.4) is 0 Å². The van der Waals surface area contributed by atoms with Gasteiger partial charge in [-0.2, -0.15) is 0 Å². The van der Waals surface area contributed by atoms with Gasteiger partial charge in [-0.05, 0) is 34.2 Å². The van der Waals surface area contributed by atoms with E-state index >= 15 is 0 Å². The molecular formula is C6H10IN4OP. The van der Waals surface area contributed by atoms with Crippen LogP contribution in [0.2, 0.25) is 0 Å². The SMILES string of the molecule is C=C(C)COCc1nnn(PI)n1. The van der Waals surface area contributed by atoms with Crippen molar-refractivity contribution in [3.63, 3.8) is 0 Å². The summed E-state index contributed by atoms with van der Waals surface area (Å²) >= 11 is 2.19. The van der Waals surface area contributed by atoms with Gasteiger partial charge in [-0.1, -0.05) is 12.2 Å². The second-order valence-corrected chi connectivity index (χ2v) is 4.55. The number of tetrazole rings is 1. The van der Waals surface area contributed by atoms with Crippen LogP contribution in [0.15, 0.2) is 12.2 Å². The molecule has 0 amide bonds. The number of nitrogens with zero attached hydrogens (tertiary/aromatic N) is 4. The van der Waals surface area contributed by atoms with Crippen LogP contribution < -0.4 is 0 Å². The van der Waals surface area contributed by atoms with Crippen molar-refractivity contribution < 1.29 is 4.74 Å². The van der Waals surface area contributed by atoms with Gasteiger partial charge in [0.05, 0.1) is 13.0 Å². The van der Waals surface area contributed by atoms with Gasteiger partial charge in [0.25, 0.3) is 0 Å². The zero-order valence-corrected chi connectivity index (χ0v) is 10.4. The molecule has 1 unspecified atom stereocenters. The Hall–Kier alpha value is -0.0700. The van der Waals surface area contributed by atoms with Gasteiger partial charge in [-0.25, -0.2) is 0 Å². The molecule has 0 aliphatic carbocycles. The zero-order valence-electron chi connectivity index (χ0n) is 7.20. The van der Waals surface area contributed by atoms with Crippen molar-refractivity contribution in [3.05, 3.63) is 18.0 Å². The lowest BCUT2D eigenvalue weighted by atomic mass is 10.4. The lowest BCUT2D eigenvalue weighted by Gasteiger charge is -1.98. The molecule has 0 saturated heterocycles. The summed E-state index contributed by atoms with van der Waals surface area (Å²) in [6.07, 6.45) is 0.480. The molecule has 0 aromatic carbocycles. The smallest absolute Gasteiger partial charge is 0.200 e. The van der Waals surface area contributed by atoms with Gasteiger partial charge < -0.3 is 4.74 Å². The van der Waals surface area contributed by atoms with E-state index in [0.717, 1.165) is 5.57 Å². The summed E-state index contributed by atoms with van der Waals surface area (Å²) in [5.41, 5.74) is 0.989. The summed E-state index contributed by atoms with van der Waals surface area (Å²) in [6.45, 7) is 6.57. The van der Waals surface area contributed by atoms with Crippen LogP contribution >= 0.6 is 28.4 Å². The zero-order chi connectivity index (χ0) is 9.68. The first-order valence-electron chi connectivity index (χ1n) is 3.60. The largest absolute Gasteiger partial charge is 0.369 e. The van der Waals surface area contributed by atoms with E-state index in [0.29, 0.717) is 25.4 Å². The quantitative estimate of drug-likeness (QED) is 0.470. The van der Waals surface area contributed by atoms with Crippen LogP contribution in [0, 0.1) is 0 Å². The minimum absolute atomic E-state index is 0.397. The molecule has 0 fully saturated rings. The molecule has 1 heterocycles. The number of halogens is 1. The van der Waals surface area contributed by atoms with E-state index in [4.69, 9.17) is 4.74 Å². The highest BCUT2D eigenvalue weighted by molar-refractivity contribution is 14.2. The van der Waals surface area contributed by atoms with Crippen molar-refractivity contribution in [1.29, 1.82) is 0 Å². The Morgan fingerprint density at radius 2 is 2.54 bits per heavy atom. The van der Waals surface area contributed by atoms with Gasteiger partial charge in [-0.15, -0.1) is 14.8 Å². The second kappa shape index (κ2) is 5.62. The van der Waals surface area contributed by atoms with Crippen molar-refractivity contribution >= 4 is 28.4 Å². The fourth-order valence-corrected chi connectivity index (χ4v) is 1.50. The molecule has 0 aliphatic heterocycles. The maximum Gasteiger partial charge on any atom is 0.200 e. The molecule has 0 saturated carbocycles. The van der Waals surface area contributed by atoms with Gasteiger partial charge in [-0.3, -0.25) is 0 Å². The van der Waals surface area contributed by atoms with Crippen molar-refractivity contribution in [2.45, 2.75) is 13.5 Å². The predicted molar refractivity (Wildman–Crippen MR) is 60.0 cm³/mol. The van der Waals surface area contributed by atoms with Crippen molar-refractivity contribution in [1.82, 2.24) is 20.0 Å². The summed E-state index contributed by atoms with van der Waals surface area (Å²) in [5, 5.41) is 11.7. The third kappa shape index (κ3) is 4.10. The lowest BCUT2D eigenvalue weighted by molar-refractivity contribution is 0.137.